The summed E-state index contributed by atoms with van der Waals surface area (Å²) < 4.78 is 11.6. The summed E-state index contributed by atoms with van der Waals surface area (Å²) >= 11 is 2.05. The molecular weight excluding hydrogens is 246 g/mol. The maximum Gasteiger partial charge on any atom is 0.0795 e. The van der Waals surface area contributed by atoms with Crippen molar-refractivity contribution >= 4 is 11.8 Å². The molecule has 1 spiro atoms. The van der Waals surface area contributed by atoms with Crippen LogP contribution in [0, 0.1) is 5.92 Å². The molecule has 3 fully saturated rings. The van der Waals surface area contributed by atoms with Crippen LogP contribution in [-0.4, -0.2) is 49.0 Å². The number of thioether (sulfide) groups is 1. The average Bonchev–Trinajstić information content (AvgIpc) is 3.01. The molecule has 0 aromatic carbocycles. The summed E-state index contributed by atoms with van der Waals surface area (Å²) in [7, 11) is 0. The third-order valence-corrected chi connectivity index (χ3v) is 5.95. The van der Waals surface area contributed by atoms with Gasteiger partial charge in [0.15, 0.2) is 0 Å². The molecule has 104 valence electrons. The summed E-state index contributed by atoms with van der Waals surface area (Å²) in [5.41, 5.74) is 0.201. The van der Waals surface area contributed by atoms with Crippen molar-refractivity contribution in [2.45, 2.75) is 50.3 Å². The standard InChI is InChI=1S/C14H25NO2S/c1-11(12-2-5-16-9-12)15-13-3-6-17-14(8-13)4-7-18-10-14/h11-13,15H,2-10H2,1H3. The molecule has 0 aromatic heterocycles. The van der Waals surface area contributed by atoms with Gasteiger partial charge in [-0.05, 0) is 44.3 Å². The van der Waals surface area contributed by atoms with Crippen LogP contribution >= 0.6 is 11.8 Å². The molecule has 4 unspecified atom stereocenters. The first-order valence-electron chi connectivity index (χ1n) is 7.33. The molecule has 0 saturated carbocycles. The molecule has 1 N–H and O–H groups in total. The van der Waals surface area contributed by atoms with Crippen LogP contribution < -0.4 is 5.32 Å². The minimum atomic E-state index is 0.201. The Morgan fingerprint density at radius 3 is 3.00 bits per heavy atom. The topological polar surface area (TPSA) is 30.5 Å². The molecule has 3 aliphatic rings. The van der Waals surface area contributed by atoms with Gasteiger partial charge in [-0.15, -0.1) is 0 Å². The molecule has 3 heterocycles. The Hall–Kier alpha value is 0.230. The van der Waals surface area contributed by atoms with Gasteiger partial charge in [0.25, 0.3) is 0 Å². The minimum Gasteiger partial charge on any atom is -0.381 e. The van der Waals surface area contributed by atoms with Gasteiger partial charge in [0, 0.05) is 31.1 Å². The maximum absolute atomic E-state index is 6.08. The highest BCUT2D eigenvalue weighted by Gasteiger charge is 2.41. The highest BCUT2D eigenvalue weighted by Crippen LogP contribution is 2.38. The van der Waals surface area contributed by atoms with Gasteiger partial charge in [-0.25, -0.2) is 0 Å². The van der Waals surface area contributed by atoms with E-state index in [1.807, 2.05) is 0 Å². The first kappa shape index (κ1) is 13.2. The Bertz CT molecular complexity index is 275. The van der Waals surface area contributed by atoms with Crippen molar-refractivity contribution in [2.24, 2.45) is 5.92 Å². The Morgan fingerprint density at radius 2 is 2.28 bits per heavy atom. The number of nitrogens with one attached hydrogen (secondary N) is 1. The van der Waals surface area contributed by atoms with E-state index in [2.05, 4.69) is 24.0 Å². The first-order chi connectivity index (χ1) is 8.77. The predicted molar refractivity (Wildman–Crippen MR) is 75.2 cm³/mol. The smallest absolute Gasteiger partial charge is 0.0795 e. The average molecular weight is 271 g/mol. The second-order valence-electron chi connectivity index (χ2n) is 6.10. The number of rotatable bonds is 3. The Labute approximate surface area is 114 Å². The van der Waals surface area contributed by atoms with Crippen molar-refractivity contribution in [1.29, 1.82) is 0 Å². The van der Waals surface area contributed by atoms with Crippen LogP contribution in [0.25, 0.3) is 0 Å². The summed E-state index contributed by atoms with van der Waals surface area (Å²) in [5.74, 6) is 3.19. The molecule has 0 radical (unpaired) electrons. The summed E-state index contributed by atoms with van der Waals surface area (Å²) in [6, 6.07) is 1.23. The SMILES string of the molecule is CC(NC1CCOC2(CCSC2)C1)C1CCOC1. The zero-order chi connectivity index (χ0) is 12.4. The second kappa shape index (κ2) is 5.70. The van der Waals surface area contributed by atoms with E-state index in [-0.39, 0.29) is 5.60 Å². The van der Waals surface area contributed by atoms with E-state index in [0.29, 0.717) is 18.0 Å². The molecule has 4 atom stereocenters. The molecule has 0 bridgehead atoms. The summed E-state index contributed by atoms with van der Waals surface area (Å²) in [6.07, 6.45) is 4.84. The third kappa shape index (κ3) is 2.87. The van der Waals surface area contributed by atoms with Gasteiger partial charge in [0.05, 0.1) is 12.2 Å². The molecule has 0 aliphatic carbocycles. The highest BCUT2D eigenvalue weighted by molar-refractivity contribution is 7.99. The lowest BCUT2D eigenvalue weighted by Gasteiger charge is -2.39. The maximum atomic E-state index is 6.08. The number of ether oxygens (including phenoxy) is 2. The van der Waals surface area contributed by atoms with E-state index in [1.165, 1.54) is 37.2 Å². The van der Waals surface area contributed by atoms with Gasteiger partial charge in [-0.1, -0.05) is 0 Å². The van der Waals surface area contributed by atoms with Gasteiger partial charge < -0.3 is 14.8 Å². The summed E-state index contributed by atoms with van der Waals surface area (Å²) in [4.78, 5) is 0. The first-order valence-corrected chi connectivity index (χ1v) is 8.48. The number of hydrogen-bond acceptors (Lipinski definition) is 4. The van der Waals surface area contributed by atoms with E-state index >= 15 is 0 Å². The van der Waals surface area contributed by atoms with Gasteiger partial charge in [-0.3, -0.25) is 0 Å². The Morgan fingerprint density at radius 1 is 1.33 bits per heavy atom. The molecule has 3 rings (SSSR count). The molecule has 3 aliphatic heterocycles. The van der Waals surface area contributed by atoms with Gasteiger partial charge in [0.1, 0.15) is 0 Å². The largest absolute Gasteiger partial charge is 0.381 e. The molecule has 0 aromatic rings. The van der Waals surface area contributed by atoms with Crippen LogP contribution in [0.2, 0.25) is 0 Å². The van der Waals surface area contributed by atoms with Gasteiger partial charge in [0.2, 0.25) is 0 Å². The molecule has 18 heavy (non-hydrogen) atoms. The van der Waals surface area contributed by atoms with Crippen molar-refractivity contribution in [1.82, 2.24) is 5.32 Å². The van der Waals surface area contributed by atoms with Gasteiger partial charge in [-0.2, -0.15) is 11.8 Å². The zero-order valence-corrected chi connectivity index (χ0v) is 12.1. The lowest BCUT2D eigenvalue weighted by molar-refractivity contribution is -0.0718. The van der Waals surface area contributed by atoms with Gasteiger partial charge >= 0.3 is 0 Å². The zero-order valence-electron chi connectivity index (χ0n) is 11.3. The van der Waals surface area contributed by atoms with Crippen molar-refractivity contribution in [3.63, 3.8) is 0 Å². The second-order valence-corrected chi connectivity index (χ2v) is 7.21. The van der Waals surface area contributed by atoms with E-state index < -0.39 is 0 Å². The fraction of sp³-hybridized carbons (Fsp3) is 1.00. The fourth-order valence-corrected chi connectivity index (χ4v) is 4.87. The quantitative estimate of drug-likeness (QED) is 0.851. The monoisotopic (exact) mass is 271 g/mol. The highest BCUT2D eigenvalue weighted by atomic mass is 32.2. The summed E-state index contributed by atoms with van der Waals surface area (Å²) in [6.45, 7) is 5.15. The van der Waals surface area contributed by atoms with Crippen molar-refractivity contribution < 1.29 is 9.47 Å². The molecule has 4 heteroatoms. The van der Waals surface area contributed by atoms with Crippen molar-refractivity contribution in [2.75, 3.05) is 31.3 Å². The molecule has 3 nitrogen and oxygen atoms in total. The van der Waals surface area contributed by atoms with E-state index in [4.69, 9.17) is 9.47 Å². The van der Waals surface area contributed by atoms with Crippen molar-refractivity contribution in [3.8, 4) is 0 Å². The Kier molecular flexibility index (Phi) is 4.18. The lowest BCUT2D eigenvalue weighted by atomic mass is 9.88. The van der Waals surface area contributed by atoms with Crippen LogP contribution in [0.4, 0.5) is 0 Å². The van der Waals surface area contributed by atoms with E-state index in [0.717, 1.165) is 19.8 Å². The van der Waals surface area contributed by atoms with Crippen LogP contribution in [-0.2, 0) is 9.47 Å². The van der Waals surface area contributed by atoms with E-state index in [1.54, 1.807) is 0 Å². The molecule has 3 saturated heterocycles. The van der Waals surface area contributed by atoms with Crippen LogP contribution in [0.15, 0.2) is 0 Å². The molecular formula is C14H25NO2S. The summed E-state index contributed by atoms with van der Waals surface area (Å²) in [5, 5.41) is 3.84. The van der Waals surface area contributed by atoms with Crippen LogP contribution in [0.3, 0.4) is 0 Å². The third-order valence-electron chi connectivity index (χ3n) is 4.73. The molecule has 0 amide bonds. The van der Waals surface area contributed by atoms with E-state index in [9.17, 15) is 0 Å². The normalized spacial score (nSPS) is 42.5. The lowest BCUT2D eigenvalue weighted by Crippen LogP contribution is -2.50. The van der Waals surface area contributed by atoms with Crippen LogP contribution in [0.1, 0.15) is 32.6 Å². The van der Waals surface area contributed by atoms with Crippen LogP contribution in [0.5, 0.6) is 0 Å². The number of hydrogen-bond donors (Lipinski definition) is 1. The minimum absolute atomic E-state index is 0.201. The predicted octanol–water partition coefficient (Wildman–Crippen LogP) is 2.06. The fourth-order valence-electron chi connectivity index (χ4n) is 3.49. The Balaban J connectivity index is 1.52. The van der Waals surface area contributed by atoms with Crippen molar-refractivity contribution in [3.05, 3.63) is 0 Å².